The minimum atomic E-state index is -0.652. The molecule has 1 aromatic heterocycles. The van der Waals surface area contributed by atoms with E-state index in [1.807, 2.05) is 12.1 Å². The number of anilines is 1. The monoisotopic (exact) mass is 560 g/mol. The lowest BCUT2D eigenvalue weighted by molar-refractivity contribution is -0.123. The summed E-state index contributed by atoms with van der Waals surface area (Å²) in [6.07, 6.45) is 3.01. The Morgan fingerprint density at radius 2 is 1.60 bits per heavy atom. The molecule has 0 spiro atoms. The molecule has 2 amide bonds. The highest BCUT2D eigenvalue weighted by molar-refractivity contribution is 6.22. The molecular formula is C34H28N2O6. The lowest BCUT2D eigenvalue weighted by atomic mass is 9.81. The van der Waals surface area contributed by atoms with Crippen LogP contribution in [0.1, 0.15) is 40.0 Å². The number of imide groups is 1. The van der Waals surface area contributed by atoms with Crippen molar-refractivity contribution >= 4 is 40.2 Å². The van der Waals surface area contributed by atoms with E-state index < -0.39 is 12.6 Å². The molecule has 0 N–H and O–H groups in total. The number of methoxy groups -OCH3 is 1. The van der Waals surface area contributed by atoms with Gasteiger partial charge >= 0.3 is 5.97 Å². The second-order valence-electron chi connectivity index (χ2n) is 11.2. The normalized spacial score (nSPS) is 22.5. The van der Waals surface area contributed by atoms with E-state index in [1.165, 1.54) is 4.90 Å². The van der Waals surface area contributed by atoms with Crippen LogP contribution in [0.3, 0.4) is 0 Å². The number of pyridine rings is 1. The van der Waals surface area contributed by atoms with E-state index in [2.05, 4.69) is 0 Å². The fourth-order valence-corrected chi connectivity index (χ4v) is 7.03. The minimum absolute atomic E-state index is 0.105. The predicted molar refractivity (Wildman–Crippen MR) is 155 cm³/mol. The topological polar surface area (TPSA) is 103 Å². The third-order valence-electron chi connectivity index (χ3n) is 9.01. The standard InChI is InChI=1S/C34H28N2O6/c1-41-24-13-11-19(12-14-24)29(37)18-42-34(40)26-17-28(35-27-8-3-2-7-25(26)27)20-5-4-6-23(16-20)36-32(38)30-21-9-10-22(15-21)31(30)33(36)39/h2-8,11-14,16-17,21-22,30-31H,9-10,15,18H2,1H3/t21-,22-,30-,31+/m0/s1. The number of para-hydroxylation sites is 1. The van der Waals surface area contributed by atoms with Gasteiger partial charge in [-0.25, -0.2) is 9.78 Å². The molecule has 3 fully saturated rings. The maximum Gasteiger partial charge on any atom is 0.339 e. The second-order valence-corrected chi connectivity index (χ2v) is 11.2. The average Bonchev–Trinajstić information content (AvgIpc) is 3.72. The van der Waals surface area contributed by atoms with Gasteiger partial charge in [-0.3, -0.25) is 19.3 Å². The zero-order valence-electron chi connectivity index (χ0n) is 23.0. The molecule has 7 rings (SSSR count). The van der Waals surface area contributed by atoms with Crippen LogP contribution in [-0.2, 0) is 14.3 Å². The van der Waals surface area contributed by atoms with Crippen molar-refractivity contribution in [3.63, 3.8) is 0 Å². The van der Waals surface area contributed by atoms with Gasteiger partial charge in [0.2, 0.25) is 11.8 Å². The van der Waals surface area contributed by atoms with E-state index in [1.54, 1.807) is 73.8 Å². The van der Waals surface area contributed by atoms with Crippen LogP contribution in [0, 0.1) is 23.7 Å². The van der Waals surface area contributed by atoms with Gasteiger partial charge in [0, 0.05) is 16.5 Å². The third-order valence-corrected chi connectivity index (χ3v) is 9.01. The highest BCUT2D eigenvalue weighted by Crippen LogP contribution is 2.56. The molecule has 1 saturated heterocycles. The van der Waals surface area contributed by atoms with Crippen LogP contribution in [0.5, 0.6) is 5.75 Å². The lowest BCUT2D eigenvalue weighted by Crippen LogP contribution is -2.32. The van der Waals surface area contributed by atoms with Gasteiger partial charge in [-0.2, -0.15) is 0 Å². The molecule has 8 nitrogen and oxygen atoms in total. The van der Waals surface area contributed by atoms with Crippen LogP contribution in [-0.4, -0.2) is 42.3 Å². The molecule has 8 heteroatoms. The van der Waals surface area contributed by atoms with Gasteiger partial charge in [0.15, 0.2) is 12.4 Å². The van der Waals surface area contributed by atoms with Crippen LogP contribution in [0.2, 0.25) is 0 Å². The fraction of sp³-hybridized carbons (Fsp3) is 0.265. The summed E-state index contributed by atoms with van der Waals surface area (Å²) in [7, 11) is 1.54. The Morgan fingerprint density at radius 1 is 0.881 bits per heavy atom. The first-order valence-electron chi connectivity index (χ1n) is 14.2. The zero-order chi connectivity index (χ0) is 29.0. The highest BCUT2D eigenvalue weighted by atomic mass is 16.5. The average molecular weight is 561 g/mol. The molecule has 3 aliphatic rings. The summed E-state index contributed by atoms with van der Waals surface area (Å²) in [4.78, 5) is 58.9. The van der Waals surface area contributed by atoms with Crippen molar-refractivity contribution in [2.75, 3.05) is 18.6 Å². The number of nitrogens with zero attached hydrogens (tertiary/aromatic N) is 2. The molecule has 0 radical (unpaired) electrons. The Hall–Kier alpha value is -4.85. The molecular weight excluding hydrogens is 532 g/mol. The minimum Gasteiger partial charge on any atom is -0.497 e. The van der Waals surface area contributed by atoms with E-state index in [0.717, 1.165) is 19.3 Å². The number of rotatable bonds is 7. The Morgan fingerprint density at radius 3 is 2.31 bits per heavy atom. The Balaban J connectivity index is 1.17. The number of carbonyl (C=O) groups is 4. The lowest BCUT2D eigenvalue weighted by Gasteiger charge is -2.19. The van der Waals surface area contributed by atoms with E-state index in [9.17, 15) is 19.2 Å². The smallest absolute Gasteiger partial charge is 0.339 e. The predicted octanol–water partition coefficient (Wildman–Crippen LogP) is 5.49. The van der Waals surface area contributed by atoms with Crippen LogP contribution in [0.25, 0.3) is 22.2 Å². The van der Waals surface area contributed by atoms with Gasteiger partial charge in [-0.15, -0.1) is 0 Å². The summed E-state index contributed by atoms with van der Waals surface area (Å²) < 4.78 is 10.6. The fourth-order valence-electron chi connectivity index (χ4n) is 7.03. The van der Waals surface area contributed by atoms with Crippen molar-refractivity contribution < 1.29 is 28.7 Å². The van der Waals surface area contributed by atoms with Crippen LogP contribution in [0.15, 0.2) is 78.9 Å². The number of fused-ring (bicyclic) bond motifs is 6. The van der Waals surface area contributed by atoms with Crippen LogP contribution < -0.4 is 9.64 Å². The number of hydrogen-bond donors (Lipinski definition) is 0. The van der Waals surface area contributed by atoms with E-state index >= 15 is 0 Å². The SMILES string of the molecule is COc1ccc(C(=O)COC(=O)c2cc(-c3cccc(N4C(=O)[C@@H]5[C@H]6CC[C@@H](C6)[C@@H]5C4=O)c3)nc3ccccc23)cc1. The summed E-state index contributed by atoms with van der Waals surface area (Å²) in [6.45, 7) is -0.421. The summed E-state index contributed by atoms with van der Waals surface area (Å²) in [5.74, 6) is -0.387. The summed E-state index contributed by atoms with van der Waals surface area (Å²) in [5.41, 5.74) is 2.91. The molecule has 42 heavy (non-hydrogen) atoms. The van der Waals surface area contributed by atoms with Gasteiger partial charge in [-0.05, 0) is 79.6 Å². The number of amides is 2. The van der Waals surface area contributed by atoms with Crippen molar-refractivity contribution in [2.45, 2.75) is 19.3 Å². The van der Waals surface area contributed by atoms with Gasteiger partial charge in [0.1, 0.15) is 5.75 Å². The maximum atomic E-state index is 13.4. The first-order chi connectivity index (χ1) is 20.4. The van der Waals surface area contributed by atoms with Gasteiger partial charge in [0.05, 0.1) is 41.4 Å². The van der Waals surface area contributed by atoms with Crippen molar-refractivity contribution in [3.05, 3.63) is 90.0 Å². The molecule has 0 unspecified atom stereocenters. The number of benzene rings is 3. The number of aromatic nitrogens is 1. The first-order valence-corrected chi connectivity index (χ1v) is 14.2. The van der Waals surface area contributed by atoms with Crippen molar-refractivity contribution in [1.82, 2.24) is 4.98 Å². The van der Waals surface area contributed by atoms with Crippen LogP contribution >= 0.6 is 0 Å². The molecule has 2 bridgehead atoms. The molecule has 4 aromatic rings. The number of ketones is 1. The number of Topliss-reactive ketones (excluding diaryl/α,β-unsaturated/α-hetero) is 1. The molecule has 2 heterocycles. The van der Waals surface area contributed by atoms with E-state index in [-0.39, 0.29) is 35.0 Å². The van der Waals surface area contributed by atoms with Crippen molar-refractivity contribution in [3.8, 4) is 17.0 Å². The second kappa shape index (κ2) is 10.2. The summed E-state index contributed by atoms with van der Waals surface area (Å²) in [5, 5.41) is 0.590. The molecule has 4 atom stereocenters. The molecule has 3 aromatic carbocycles. The van der Waals surface area contributed by atoms with E-state index in [4.69, 9.17) is 14.5 Å². The maximum absolute atomic E-state index is 13.4. The number of hydrogen-bond acceptors (Lipinski definition) is 7. The van der Waals surface area contributed by atoms with Crippen molar-refractivity contribution in [1.29, 1.82) is 0 Å². The van der Waals surface area contributed by atoms with E-state index in [0.29, 0.717) is 51.0 Å². The third kappa shape index (κ3) is 4.26. The van der Waals surface area contributed by atoms with Crippen molar-refractivity contribution in [2.24, 2.45) is 23.7 Å². The largest absolute Gasteiger partial charge is 0.497 e. The van der Waals surface area contributed by atoms with Gasteiger partial charge < -0.3 is 9.47 Å². The Kier molecular flexibility index (Phi) is 6.34. The van der Waals surface area contributed by atoms with Crippen LogP contribution in [0.4, 0.5) is 5.69 Å². The summed E-state index contributed by atoms with van der Waals surface area (Å²) in [6, 6.07) is 22.6. The summed E-state index contributed by atoms with van der Waals surface area (Å²) >= 11 is 0. The molecule has 2 saturated carbocycles. The number of carbonyl (C=O) groups excluding carboxylic acids is 4. The van der Waals surface area contributed by atoms with Gasteiger partial charge in [0.25, 0.3) is 0 Å². The first kappa shape index (κ1) is 26.1. The zero-order valence-corrected chi connectivity index (χ0v) is 23.0. The quantitative estimate of drug-likeness (QED) is 0.167. The number of esters is 1. The molecule has 2 aliphatic carbocycles. The molecule has 1 aliphatic heterocycles. The number of ether oxygens (including phenoxy) is 2. The Bertz CT molecular complexity index is 1740. The molecule has 210 valence electrons. The Labute approximate surface area is 242 Å². The highest BCUT2D eigenvalue weighted by Gasteiger charge is 2.61. The van der Waals surface area contributed by atoms with Gasteiger partial charge in [-0.1, -0.05) is 30.3 Å².